The van der Waals surface area contributed by atoms with Crippen LogP contribution in [-0.4, -0.2) is 31.9 Å². The number of nitrogens with zero attached hydrogens (tertiary/aromatic N) is 3. The fourth-order valence-corrected chi connectivity index (χ4v) is 2.98. The lowest BCUT2D eigenvalue weighted by Gasteiger charge is -2.34. The first-order valence-electron chi connectivity index (χ1n) is 7.02. The standard InChI is InChI=1S/C14H19BrN4O/c1-10-4-6-14(20,7-5-10)9-16-13-17-12-3-2-11(15)8-19(12)18-13/h2-3,8,10,20H,4-7,9H2,1H3,(H,16,18). The number of rotatable bonds is 3. The van der Waals surface area contributed by atoms with Gasteiger partial charge in [-0.25, -0.2) is 4.52 Å². The van der Waals surface area contributed by atoms with Crippen molar-refractivity contribution in [2.75, 3.05) is 11.9 Å². The molecule has 2 aromatic heterocycles. The molecule has 0 saturated heterocycles. The monoisotopic (exact) mass is 338 g/mol. The van der Waals surface area contributed by atoms with Gasteiger partial charge in [0.15, 0.2) is 5.65 Å². The molecule has 1 fully saturated rings. The average molecular weight is 339 g/mol. The van der Waals surface area contributed by atoms with Crippen LogP contribution in [0.3, 0.4) is 0 Å². The Balaban J connectivity index is 1.67. The minimum absolute atomic E-state index is 0.512. The Bertz CT molecular complexity index is 604. The molecule has 0 aliphatic heterocycles. The summed E-state index contributed by atoms with van der Waals surface area (Å²) in [6.07, 6.45) is 5.73. The number of fused-ring (bicyclic) bond motifs is 1. The van der Waals surface area contributed by atoms with E-state index in [1.807, 2.05) is 18.3 Å². The number of hydrogen-bond donors (Lipinski definition) is 2. The van der Waals surface area contributed by atoms with Gasteiger partial charge in [-0.15, -0.1) is 5.10 Å². The number of aromatic nitrogens is 3. The van der Waals surface area contributed by atoms with Crippen molar-refractivity contribution in [2.24, 2.45) is 5.92 Å². The highest BCUT2D eigenvalue weighted by Crippen LogP contribution is 2.31. The highest BCUT2D eigenvalue weighted by molar-refractivity contribution is 9.10. The zero-order chi connectivity index (χ0) is 14.2. The molecule has 1 aliphatic rings. The lowest BCUT2D eigenvalue weighted by Crippen LogP contribution is -2.40. The van der Waals surface area contributed by atoms with E-state index in [-0.39, 0.29) is 0 Å². The van der Waals surface area contributed by atoms with E-state index in [4.69, 9.17) is 0 Å². The molecule has 0 spiro atoms. The van der Waals surface area contributed by atoms with Crippen LogP contribution in [-0.2, 0) is 0 Å². The Morgan fingerprint density at radius 1 is 1.45 bits per heavy atom. The van der Waals surface area contributed by atoms with Crippen molar-refractivity contribution in [1.82, 2.24) is 14.6 Å². The predicted octanol–water partition coefficient (Wildman–Crippen LogP) is 2.84. The molecule has 0 radical (unpaired) electrons. The Hall–Kier alpha value is -1.14. The van der Waals surface area contributed by atoms with Crippen LogP contribution in [0.1, 0.15) is 32.6 Å². The Kier molecular flexibility index (Phi) is 3.69. The van der Waals surface area contributed by atoms with Gasteiger partial charge in [0, 0.05) is 17.2 Å². The fraction of sp³-hybridized carbons (Fsp3) is 0.571. The lowest BCUT2D eigenvalue weighted by atomic mass is 9.79. The molecule has 0 atom stereocenters. The van der Waals surface area contributed by atoms with E-state index in [1.54, 1.807) is 4.52 Å². The second kappa shape index (κ2) is 5.33. The van der Waals surface area contributed by atoms with Gasteiger partial charge in [0.25, 0.3) is 0 Å². The smallest absolute Gasteiger partial charge is 0.243 e. The van der Waals surface area contributed by atoms with E-state index in [2.05, 4.69) is 38.3 Å². The van der Waals surface area contributed by atoms with Crippen LogP contribution in [0.5, 0.6) is 0 Å². The minimum Gasteiger partial charge on any atom is -0.388 e. The highest BCUT2D eigenvalue weighted by atomic mass is 79.9. The van der Waals surface area contributed by atoms with Gasteiger partial charge in [0.1, 0.15) is 0 Å². The van der Waals surface area contributed by atoms with E-state index < -0.39 is 5.60 Å². The van der Waals surface area contributed by atoms with Crippen LogP contribution in [0, 0.1) is 5.92 Å². The summed E-state index contributed by atoms with van der Waals surface area (Å²) >= 11 is 3.41. The quantitative estimate of drug-likeness (QED) is 0.903. The minimum atomic E-state index is -0.620. The van der Waals surface area contributed by atoms with Crippen molar-refractivity contribution >= 4 is 27.5 Å². The molecular formula is C14H19BrN4O. The first-order valence-corrected chi connectivity index (χ1v) is 7.82. The maximum absolute atomic E-state index is 10.5. The van der Waals surface area contributed by atoms with Crippen molar-refractivity contribution in [3.05, 3.63) is 22.8 Å². The van der Waals surface area contributed by atoms with E-state index in [1.165, 1.54) is 0 Å². The Morgan fingerprint density at radius 2 is 2.20 bits per heavy atom. The van der Waals surface area contributed by atoms with E-state index in [0.717, 1.165) is 41.7 Å². The van der Waals surface area contributed by atoms with E-state index in [0.29, 0.717) is 12.5 Å². The maximum Gasteiger partial charge on any atom is 0.243 e. The third-order valence-electron chi connectivity index (χ3n) is 4.08. The van der Waals surface area contributed by atoms with Crippen molar-refractivity contribution in [3.63, 3.8) is 0 Å². The lowest BCUT2D eigenvalue weighted by molar-refractivity contribution is 0.00488. The summed E-state index contributed by atoms with van der Waals surface area (Å²) in [5.74, 6) is 1.29. The number of anilines is 1. The molecule has 2 heterocycles. The molecule has 0 unspecified atom stereocenters. The van der Waals surface area contributed by atoms with E-state index in [9.17, 15) is 5.11 Å². The van der Waals surface area contributed by atoms with Gasteiger partial charge in [-0.1, -0.05) is 6.92 Å². The summed E-state index contributed by atoms with van der Waals surface area (Å²) < 4.78 is 2.68. The van der Waals surface area contributed by atoms with Crippen molar-refractivity contribution in [1.29, 1.82) is 0 Å². The van der Waals surface area contributed by atoms with Gasteiger partial charge < -0.3 is 10.4 Å². The number of halogens is 1. The summed E-state index contributed by atoms with van der Waals surface area (Å²) in [5.41, 5.74) is 0.171. The van der Waals surface area contributed by atoms with Gasteiger partial charge in [0.2, 0.25) is 5.95 Å². The average Bonchev–Trinajstić information content (AvgIpc) is 2.82. The van der Waals surface area contributed by atoms with Crippen LogP contribution in [0.4, 0.5) is 5.95 Å². The largest absolute Gasteiger partial charge is 0.388 e. The molecule has 6 heteroatoms. The van der Waals surface area contributed by atoms with Gasteiger partial charge in [-0.2, -0.15) is 4.98 Å². The number of hydrogen-bond acceptors (Lipinski definition) is 4. The molecule has 20 heavy (non-hydrogen) atoms. The molecule has 0 amide bonds. The summed E-state index contributed by atoms with van der Waals surface area (Å²) in [7, 11) is 0. The summed E-state index contributed by atoms with van der Waals surface area (Å²) in [5, 5.41) is 18.1. The molecule has 0 bridgehead atoms. The number of aliphatic hydroxyl groups is 1. The predicted molar refractivity (Wildman–Crippen MR) is 81.8 cm³/mol. The molecule has 0 aromatic carbocycles. The first-order chi connectivity index (χ1) is 9.54. The molecule has 1 aliphatic carbocycles. The van der Waals surface area contributed by atoms with Crippen molar-refractivity contribution in [3.8, 4) is 0 Å². The van der Waals surface area contributed by atoms with Crippen molar-refractivity contribution in [2.45, 2.75) is 38.2 Å². The molecule has 2 aromatic rings. The highest BCUT2D eigenvalue weighted by Gasteiger charge is 2.31. The molecular weight excluding hydrogens is 320 g/mol. The Labute approximate surface area is 126 Å². The SMILES string of the molecule is CC1CCC(O)(CNc2nc3ccc(Br)cn3n2)CC1. The van der Waals surface area contributed by atoms with Crippen LogP contribution in [0.25, 0.3) is 5.65 Å². The first kappa shape index (κ1) is 13.8. The fourth-order valence-electron chi connectivity index (χ4n) is 2.65. The third-order valence-corrected chi connectivity index (χ3v) is 4.54. The van der Waals surface area contributed by atoms with Gasteiger partial charge in [0.05, 0.1) is 5.60 Å². The van der Waals surface area contributed by atoms with Crippen LogP contribution in [0.15, 0.2) is 22.8 Å². The topological polar surface area (TPSA) is 62.5 Å². The Morgan fingerprint density at radius 3 is 2.95 bits per heavy atom. The number of nitrogens with one attached hydrogen (secondary N) is 1. The summed E-state index contributed by atoms with van der Waals surface area (Å²) in [6.45, 7) is 2.76. The second-order valence-electron chi connectivity index (χ2n) is 5.85. The summed E-state index contributed by atoms with van der Waals surface area (Å²) in [4.78, 5) is 4.39. The van der Waals surface area contributed by atoms with Crippen LogP contribution in [0.2, 0.25) is 0 Å². The molecule has 5 nitrogen and oxygen atoms in total. The van der Waals surface area contributed by atoms with E-state index >= 15 is 0 Å². The molecule has 3 rings (SSSR count). The van der Waals surface area contributed by atoms with Gasteiger partial charge in [-0.3, -0.25) is 0 Å². The zero-order valence-electron chi connectivity index (χ0n) is 11.5. The third kappa shape index (κ3) is 2.96. The molecule has 1 saturated carbocycles. The van der Waals surface area contributed by atoms with Crippen LogP contribution >= 0.6 is 15.9 Å². The zero-order valence-corrected chi connectivity index (χ0v) is 13.1. The van der Waals surface area contributed by atoms with Crippen molar-refractivity contribution < 1.29 is 5.11 Å². The maximum atomic E-state index is 10.5. The van der Waals surface area contributed by atoms with Gasteiger partial charge >= 0.3 is 0 Å². The molecule has 108 valence electrons. The molecule has 2 N–H and O–H groups in total. The van der Waals surface area contributed by atoms with Gasteiger partial charge in [-0.05, 0) is 59.7 Å². The normalized spacial score (nSPS) is 26.9. The summed E-state index contributed by atoms with van der Waals surface area (Å²) in [6, 6.07) is 3.84. The number of pyridine rings is 1. The van der Waals surface area contributed by atoms with Crippen LogP contribution < -0.4 is 5.32 Å². The second-order valence-corrected chi connectivity index (χ2v) is 6.76.